The molecule has 1 amide bonds. The molecule has 16 heteroatoms. The van der Waals surface area contributed by atoms with E-state index in [-0.39, 0.29) is 23.9 Å². The van der Waals surface area contributed by atoms with E-state index in [0.29, 0.717) is 41.4 Å². The molecule has 1 aromatic carbocycles. The van der Waals surface area contributed by atoms with Crippen molar-refractivity contribution < 1.29 is 36.2 Å². The summed E-state index contributed by atoms with van der Waals surface area (Å²) in [5.41, 5.74) is 0.873. The monoisotopic (exact) mass is 604 g/mol. The molecule has 43 heavy (non-hydrogen) atoms. The van der Waals surface area contributed by atoms with Crippen LogP contribution in [-0.4, -0.2) is 60.6 Å². The van der Waals surface area contributed by atoms with Crippen molar-refractivity contribution in [2.75, 3.05) is 18.6 Å². The molecule has 1 aliphatic heterocycles. The second-order valence-electron chi connectivity index (χ2n) is 10.1. The van der Waals surface area contributed by atoms with E-state index in [1.807, 2.05) is 0 Å². The number of aryl methyl sites for hydroxylation is 1. The first-order valence-electron chi connectivity index (χ1n) is 13.4. The molecular weight excluding hydrogens is 579 g/mol. The van der Waals surface area contributed by atoms with Gasteiger partial charge in [-0.2, -0.15) is 23.3 Å². The molecule has 4 aromatic rings. The molecule has 226 valence electrons. The Morgan fingerprint density at radius 3 is 2.49 bits per heavy atom. The van der Waals surface area contributed by atoms with Crippen LogP contribution in [0, 0.1) is 0 Å². The van der Waals surface area contributed by atoms with Crippen LogP contribution in [0.5, 0.6) is 11.8 Å². The van der Waals surface area contributed by atoms with Gasteiger partial charge in [0.05, 0.1) is 31.1 Å². The quantitative estimate of drug-likeness (QED) is 0.246. The second kappa shape index (κ2) is 10.9. The number of carbonyl (C=O) groups excluding carboxylic acids is 1. The third-order valence-corrected chi connectivity index (χ3v) is 7.23. The van der Waals surface area contributed by atoms with Crippen molar-refractivity contribution in [1.29, 1.82) is 0 Å². The highest BCUT2D eigenvalue weighted by molar-refractivity contribution is 5.93. The number of benzene rings is 1. The number of methoxy groups -OCH3 is 1. The summed E-state index contributed by atoms with van der Waals surface area (Å²) in [6, 6.07) is 6.16. The van der Waals surface area contributed by atoms with E-state index in [1.165, 1.54) is 30.5 Å². The third kappa shape index (κ3) is 5.48. The molecule has 1 saturated carbocycles. The van der Waals surface area contributed by atoms with Crippen molar-refractivity contribution in [2.24, 2.45) is 0 Å². The largest absolute Gasteiger partial charge is 0.480 e. The van der Waals surface area contributed by atoms with Crippen LogP contribution in [0.15, 0.2) is 36.7 Å². The summed E-state index contributed by atoms with van der Waals surface area (Å²) in [4.78, 5) is 28.1. The van der Waals surface area contributed by atoms with Gasteiger partial charge in [0.2, 0.25) is 23.6 Å². The number of hydrogen-bond donors (Lipinski definition) is 0. The summed E-state index contributed by atoms with van der Waals surface area (Å²) in [5, 5.41) is 8.18. The highest BCUT2D eigenvalue weighted by Crippen LogP contribution is 2.45. The average Bonchev–Trinajstić information content (AvgIpc) is 3.59. The zero-order chi connectivity index (χ0) is 30.5. The van der Waals surface area contributed by atoms with Crippen LogP contribution in [0.1, 0.15) is 55.1 Å². The first kappa shape index (κ1) is 28.5. The summed E-state index contributed by atoms with van der Waals surface area (Å²) in [6.45, 7) is 1.01. The van der Waals surface area contributed by atoms with Gasteiger partial charge >= 0.3 is 6.18 Å². The van der Waals surface area contributed by atoms with Gasteiger partial charge in [-0.15, -0.1) is 5.10 Å². The van der Waals surface area contributed by atoms with E-state index >= 15 is 0 Å². The van der Waals surface area contributed by atoms with Crippen molar-refractivity contribution in [3.8, 4) is 28.8 Å². The Bertz CT molecular complexity index is 1650. The van der Waals surface area contributed by atoms with E-state index in [9.17, 15) is 26.7 Å². The number of hydrogen-bond acceptors (Lipinski definition) is 8. The molecule has 6 rings (SSSR count). The zero-order valence-electron chi connectivity index (χ0n) is 22.9. The Hall–Kier alpha value is -4.63. The maximum absolute atomic E-state index is 13.3. The van der Waals surface area contributed by atoms with Crippen molar-refractivity contribution >= 4 is 11.9 Å². The minimum absolute atomic E-state index is 0.148. The van der Waals surface area contributed by atoms with Gasteiger partial charge < -0.3 is 9.47 Å². The molecule has 0 spiro atoms. The van der Waals surface area contributed by atoms with Gasteiger partial charge in [-0.05, 0) is 37.5 Å². The van der Waals surface area contributed by atoms with Gasteiger partial charge in [-0.1, -0.05) is 12.1 Å². The minimum Gasteiger partial charge on any atom is -0.480 e. The maximum Gasteiger partial charge on any atom is 0.435 e. The molecule has 3 aromatic heterocycles. The van der Waals surface area contributed by atoms with Crippen LogP contribution in [-0.2, 0) is 17.5 Å². The minimum atomic E-state index is -4.80. The molecule has 0 radical (unpaired) electrons. The Balaban J connectivity index is 1.31. The predicted octanol–water partition coefficient (Wildman–Crippen LogP) is 4.97. The van der Waals surface area contributed by atoms with Crippen LogP contribution < -0.4 is 14.4 Å². The Morgan fingerprint density at radius 2 is 1.84 bits per heavy atom. The summed E-state index contributed by atoms with van der Waals surface area (Å²) in [5.74, 6) is 0.584. The highest BCUT2D eigenvalue weighted by Gasteiger charge is 2.37. The standard InChI is InChI=1S/C27H25F5N8O3/c1-14(15-5-7-17(8-6-15)40-21(43-12-19(28)29)11-18(36-40)27(30,31)32)39-20(41)9-10-38-26(39)35-24(37-38)22-23(16-3-4-16)33-13-34-25(22)42-2/h5-8,11,13-14,16,19H,3-4,9-10,12H2,1-2H3. The number of anilines is 1. The molecule has 0 N–H and O–H groups in total. The number of carbonyl (C=O) groups is 1. The van der Waals surface area contributed by atoms with Gasteiger partial charge in [0.1, 0.15) is 11.9 Å². The van der Waals surface area contributed by atoms with Gasteiger partial charge in [-0.25, -0.2) is 28.1 Å². The van der Waals surface area contributed by atoms with E-state index in [2.05, 4.69) is 20.2 Å². The van der Waals surface area contributed by atoms with E-state index in [4.69, 9.17) is 14.5 Å². The van der Waals surface area contributed by atoms with E-state index in [1.54, 1.807) is 23.7 Å². The molecule has 1 aliphatic carbocycles. The lowest BCUT2D eigenvalue weighted by Crippen LogP contribution is -2.39. The molecule has 4 heterocycles. The van der Waals surface area contributed by atoms with Crippen LogP contribution in [0.4, 0.5) is 27.9 Å². The first-order valence-corrected chi connectivity index (χ1v) is 13.4. The summed E-state index contributed by atoms with van der Waals surface area (Å²) >= 11 is 0. The number of aromatic nitrogens is 7. The van der Waals surface area contributed by atoms with Gasteiger partial charge in [-0.3, -0.25) is 9.69 Å². The highest BCUT2D eigenvalue weighted by atomic mass is 19.4. The lowest BCUT2D eigenvalue weighted by molar-refractivity contribution is -0.141. The molecule has 0 saturated heterocycles. The Kier molecular flexibility index (Phi) is 7.22. The molecule has 0 bridgehead atoms. The Morgan fingerprint density at radius 1 is 1.09 bits per heavy atom. The van der Waals surface area contributed by atoms with Crippen LogP contribution in [0.25, 0.3) is 17.1 Å². The van der Waals surface area contributed by atoms with E-state index < -0.39 is 36.8 Å². The van der Waals surface area contributed by atoms with Gasteiger partial charge in [0.25, 0.3) is 6.43 Å². The third-order valence-electron chi connectivity index (χ3n) is 7.23. The first-order chi connectivity index (χ1) is 20.5. The molecular formula is C27H25F5N8O3. The van der Waals surface area contributed by atoms with Crippen LogP contribution >= 0.6 is 0 Å². The average molecular weight is 605 g/mol. The molecule has 1 atom stereocenters. The number of rotatable bonds is 9. The summed E-state index contributed by atoms with van der Waals surface area (Å²) in [7, 11) is 1.50. The van der Waals surface area contributed by atoms with Crippen molar-refractivity contribution in [2.45, 2.75) is 57.3 Å². The number of halogens is 5. The maximum atomic E-state index is 13.3. The molecule has 1 unspecified atom stereocenters. The SMILES string of the molecule is COc1ncnc(C2CC2)c1-c1nc2n(n1)CCC(=O)N2C(C)c1ccc(-n2nc(C(F)(F)F)cc2OCC(F)F)cc1. The number of fused-ring (bicyclic) bond motifs is 1. The van der Waals surface area contributed by atoms with Gasteiger partial charge in [0.15, 0.2) is 18.1 Å². The fourth-order valence-electron chi connectivity index (χ4n) is 4.99. The molecule has 2 aliphatic rings. The van der Waals surface area contributed by atoms with Crippen molar-refractivity contribution in [1.82, 2.24) is 34.5 Å². The number of alkyl halides is 5. The lowest BCUT2D eigenvalue weighted by Gasteiger charge is -2.31. The summed E-state index contributed by atoms with van der Waals surface area (Å²) in [6.07, 6.45) is -4.12. The molecule has 1 fully saturated rings. The van der Waals surface area contributed by atoms with Crippen molar-refractivity contribution in [3.05, 3.63) is 53.6 Å². The number of amides is 1. The zero-order valence-corrected chi connectivity index (χ0v) is 22.9. The van der Waals surface area contributed by atoms with Gasteiger partial charge in [0, 0.05) is 18.4 Å². The number of nitrogens with zero attached hydrogens (tertiary/aromatic N) is 8. The fourth-order valence-corrected chi connectivity index (χ4v) is 4.99. The van der Waals surface area contributed by atoms with E-state index in [0.717, 1.165) is 23.2 Å². The van der Waals surface area contributed by atoms with Crippen LogP contribution in [0.2, 0.25) is 0 Å². The smallest absolute Gasteiger partial charge is 0.435 e. The molecule has 11 nitrogen and oxygen atoms in total. The lowest BCUT2D eigenvalue weighted by atomic mass is 10.1. The number of ether oxygens (including phenoxy) is 2. The second-order valence-corrected chi connectivity index (χ2v) is 10.1. The predicted molar refractivity (Wildman–Crippen MR) is 140 cm³/mol. The topological polar surface area (TPSA) is 113 Å². The normalized spacial score (nSPS) is 16.0. The van der Waals surface area contributed by atoms with Crippen molar-refractivity contribution in [3.63, 3.8) is 0 Å². The Labute approximate surface area is 241 Å². The summed E-state index contributed by atoms with van der Waals surface area (Å²) < 4.78 is 78.2. The fraction of sp³-hybridized carbons (Fsp3) is 0.407. The van der Waals surface area contributed by atoms with Crippen LogP contribution in [0.3, 0.4) is 0 Å².